The van der Waals surface area contributed by atoms with Crippen LogP contribution in [0.5, 0.6) is 0 Å². The molecule has 5 nitrogen and oxygen atoms in total. The SMILES string of the molecule is CCOCCN1CCN([C@@H](CC)C(N)=O)C[C@H]1CC. The largest absolute Gasteiger partial charge is 0.380 e. The molecular formula is C14H29N3O2. The number of rotatable bonds is 8. The van der Waals surface area contributed by atoms with E-state index in [1.54, 1.807) is 0 Å². The van der Waals surface area contributed by atoms with Crippen LogP contribution in [0.1, 0.15) is 33.6 Å². The number of carbonyl (C=O) groups is 1. The Labute approximate surface area is 117 Å². The van der Waals surface area contributed by atoms with Gasteiger partial charge in [0, 0.05) is 38.8 Å². The Bertz CT molecular complexity index is 273. The summed E-state index contributed by atoms with van der Waals surface area (Å²) in [4.78, 5) is 16.2. The number of nitrogens with zero attached hydrogens (tertiary/aromatic N) is 2. The van der Waals surface area contributed by atoms with Crippen LogP contribution in [0.25, 0.3) is 0 Å². The fourth-order valence-electron chi connectivity index (χ4n) is 2.85. The summed E-state index contributed by atoms with van der Waals surface area (Å²) in [7, 11) is 0. The number of amides is 1. The lowest BCUT2D eigenvalue weighted by Gasteiger charge is -2.43. The third-order valence-electron chi connectivity index (χ3n) is 3.99. The predicted molar refractivity (Wildman–Crippen MR) is 77.0 cm³/mol. The Balaban J connectivity index is 2.51. The molecule has 0 spiro atoms. The molecule has 112 valence electrons. The topological polar surface area (TPSA) is 58.8 Å². The number of nitrogens with two attached hydrogens (primary N) is 1. The highest BCUT2D eigenvalue weighted by Crippen LogP contribution is 2.16. The Morgan fingerprint density at radius 3 is 2.63 bits per heavy atom. The summed E-state index contributed by atoms with van der Waals surface area (Å²) >= 11 is 0. The molecule has 0 aromatic heterocycles. The van der Waals surface area contributed by atoms with E-state index in [9.17, 15) is 4.79 Å². The first-order valence-electron chi connectivity index (χ1n) is 7.49. The molecule has 0 bridgehead atoms. The van der Waals surface area contributed by atoms with Gasteiger partial charge in [-0.2, -0.15) is 0 Å². The van der Waals surface area contributed by atoms with Gasteiger partial charge >= 0.3 is 0 Å². The van der Waals surface area contributed by atoms with Gasteiger partial charge in [0.2, 0.25) is 5.91 Å². The van der Waals surface area contributed by atoms with Gasteiger partial charge in [-0.25, -0.2) is 0 Å². The standard InChI is InChI=1S/C14H29N3O2/c1-4-12-11-17(13(5-2)14(15)18)8-7-16(12)9-10-19-6-3/h12-13H,4-11H2,1-3H3,(H2,15,18)/t12-,13+/m1/s1. The molecule has 1 amide bonds. The van der Waals surface area contributed by atoms with Crippen molar-refractivity contribution in [3.63, 3.8) is 0 Å². The summed E-state index contributed by atoms with van der Waals surface area (Å²) in [6.07, 6.45) is 1.89. The molecule has 0 aromatic carbocycles. The zero-order valence-electron chi connectivity index (χ0n) is 12.6. The quantitative estimate of drug-likeness (QED) is 0.660. The van der Waals surface area contributed by atoms with Crippen LogP contribution in [0, 0.1) is 0 Å². The van der Waals surface area contributed by atoms with Gasteiger partial charge in [0.1, 0.15) is 0 Å². The van der Waals surface area contributed by atoms with Crippen molar-refractivity contribution >= 4 is 5.91 Å². The second-order valence-corrected chi connectivity index (χ2v) is 5.12. The molecule has 0 aromatic rings. The van der Waals surface area contributed by atoms with Crippen LogP contribution < -0.4 is 5.73 Å². The highest BCUT2D eigenvalue weighted by molar-refractivity contribution is 5.79. The smallest absolute Gasteiger partial charge is 0.234 e. The average Bonchev–Trinajstić information content (AvgIpc) is 2.40. The predicted octanol–water partition coefficient (Wildman–Crippen LogP) is 0.683. The van der Waals surface area contributed by atoms with Gasteiger partial charge in [-0.15, -0.1) is 0 Å². The molecule has 2 N–H and O–H groups in total. The number of carbonyl (C=O) groups excluding carboxylic acids is 1. The van der Waals surface area contributed by atoms with E-state index < -0.39 is 0 Å². The van der Waals surface area contributed by atoms with Gasteiger partial charge in [-0.05, 0) is 19.8 Å². The maximum absolute atomic E-state index is 11.5. The summed E-state index contributed by atoms with van der Waals surface area (Å²) in [5.74, 6) is -0.194. The van der Waals surface area contributed by atoms with E-state index in [0.29, 0.717) is 6.04 Å². The van der Waals surface area contributed by atoms with Crippen molar-refractivity contribution in [2.75, 3.05) is 39.4 Å². The number of ether oxygens (including phenoxy) is 1. The molecule has 1 rings (SSSR count). The van der Waals surface area contributed by atoms with Crippen LogP contribution >= 0.6 is 0 Å². The van der Waals surface area contributed by atoms with Crippen molar-refractivity contribution in [1.29, 1.82) is 0 Å². The Hall–Kier alpha value is -0.650. The van der Waals surface area contributed by atoms with E-state index in [1.165, 1.54) is 0 Å². The maximum atomic E-state index is 11.5. The fraction of sp³-hybridized carbons (Fsp3) is 0.929. The van der Waals surface area contributed by atoms with Gasteiger partial charge in [0.15, 0.2) is 0 Å². The third-order valence-corrected chi connectivity index (χ3v) is 3.99. The number of piperazine rings is 1. The highest BCUT2D eigenvalue weighted by Gasteiger charge is 2.31. The van der Waals surface area contributed by atoms with E-state index in [-0.39, 0.29) is 11.9 Å². The maximum Gasteiger partial charge on any atom is 0.234 e. The number of hydrogen-bond acceptors (Lipinski definition) is 4. The molecule has 1 heterocycles. The van der Waals surface area contributed by atoms with Crippen LogP contribution in [-0.2, 0) is 9.53 Å². The van der Waals surface area contributed by atoms with E-state index in [4.69, 9.17) is 10.5 Å². The highest BCUT2D eigenvalue weighted by atomic mass is 16.5. The minimum Gasteiger partial charge on any atom is -0.380 e. The zero-order chi connectivity index (χ0) is 14.3. The Kier molecular flexibility index (Phi) is 7.34. The molecular weight excluding hydrogens is 242 g/mol. The second kappa shape index (κ2) is 8.51. The van der Waals surface area contributed by atoms with Crippen LogP contribution in [0.2, 0.25) is 0 Å². The molecule has 0 aliphatic carbocycles. The van der Waals surface area contributed by atoms with Gasteiger partial charge in [0.05, 0.1) is 12.6 Å². The van der Waals surface area contributed by atoms with Crippen LogP contribution in [0.15, 0.2) is 0 Å². The van der Waals surface area contributed by atoms with Crippen molar-refractivity contribution < 1.29 is 9.53 Å². The van der Waals surface area contributed by atoms with Crippen molar-refractivity contribution in [3.8, 4) is 0 Å². The summed E-state index contributed by atoms with van der Waals surface area (Å²) in [6, 6.07) is 0.394. The normalized spacial score (nSPS) is 23.4. The zero-order valence-corrected chi connectivity index (χ0v) is 12.6. The first kappa shape index (κ1) is 16.4. The average molecular weight is 271 g/mol. The molecule has 5 heteroatoms. The van der Waals surface area contributed by atoms with Crippen molar-refractivity contribution in [1.82, 2.24) is 9.80 Å². The first-order valence-corrected chi connectivity index (χ1v) is 7.49. The Morgan fingerprint density at radius 2 is 2.11 bits per heavy atom. The van der Waals surface area contributed by atoms with Crippen LogP contribution in [-0.4, -0.2) is 67.2 Å². The van der Waals surface area contributed by atoms with E-state index in [2.05, 4.69) is 16.7 Å². The molecule has 1 aliphatic heterocycles. The molecule has 0 radical (unpaired) electrons. The van der Waals surface area contributed by atoms with Gasteiger partial charge in [-0.3, -0.25) is 14.6 Å². The summed E-state index contributed by atoms with van der Waals surface area (Å²) in [6.45, 7) is 11.6. The minimum atomic E-state index is -0.194. The molecule has 1 fully saturated rings. The molecule has 1 aliphatic rings. The third kappa shape index (κ3) is 4.75. The fourth-order valence-corrected chi connectivity index (χ4v) is 2.85. The van der Waals surface area contributed by atoms with E-state index >= 15 is 0 Å². The van der Waals surface area contributed by atoms with Gasteiger partial charge in [-0.1, -0.05) is 13.8 Å². The minimum absolute atomic E-state index is 0.108. The van der Waals surface area contributed by atoms with Crippen LogP contribution in [0.3, 0.4) is 0 Å². The van der Waals surface area contributed by atoms with Crippen molar-refractivity contribution in [2.45, 2.75) is 45.7 Å². The summed E-state index contributed by atoms with van der Waals surface area (Å²) < 4.78 is 5.43. The lowest BCUT2D eigenvalue weighted by Crippen LogP contribution is -2.58. The molecule has 2 atom stereocenters. The molecule has 0 unspecified atom stereocenters. The lowest BCUT2D eigenvalue weighted by molar-refractivity contribution is -0.124. The summed E-state index contributed by atoms with van der Waals surface area (Å²) in [5.41, 5.74) is 5.48. The van der Waals surface area contributed by atoms with E-state index in [1.807, 2.05) is 13.8 Å². The van der Waals surface area contributed by atoms with Crippen molar-refractivity contribution in [3.05, 3.63) is 0 Å². The van der Waals surface area contributed by atoms with Crippen LogP contribution in [0.4, 0.5) is 0 Å². The molecule has 1 saturated heterocycles. The molecule has 19 heavy (non-hydrogen) atoms. The number of primary amides is 1. The van der Waals surface area contributed by atoms with E-state index in [0.717, 1.165) is 52.2 Å². The first-order chi connectivity index (χ1) is 9.13. The van der Waals surface area contributed by atoms with Gasteiger partial charge in [0.25, 0.3) is 0 Å². The summed E-state index contributed by atoms with van der Waals surface area (Å²) in [5, 5.41) is 0. The Morgan fingerprint density at radius 1 is 1.37 bits per heavy atom. The van der Waals surface area contributed by atoms with Gasteiger partial charge < -0.3 is 10.5 Å². The second-order valence-electron chi connectivity index (χ2n) is 5.12. The lowest BCUT2D eigenvalue weighted by atomic mass is 10.1. The molecule has 0 saturated carbocycles. The number of hydrogen-bond donors (Lipinski definition) is 1. The van der Waals surface area contributed by atoms with Crippen molar-refractivity contribution in [2.24, 2.45) is 5.73 Å². The monoisotopic (exact) mass is 271 g/mol.